The van der Waals surface area contributed by atoms with Crippen molar-refractivity contribution < 1.29 is 70.8 Å². The van der Waals surface area contributed by atoms with E-state index in [0.717, 1.165) is 0 Å². The van der Waals surface area contributed by atoms with Crippen LogP contribution in [0.1, 0.15) is 0 Å². The summed E-state index contributed by atoms with van der Waals surface area (Å²) >= 11 is -16.4. The van der Waals surface area contributed by atoms with Gasteiger partial charge in [-0.2, -0.15) is 0 Å². The number of hydrogen-bond donors (Lipinski definition) is 0. The van der Waals surface area contributed by atoms with Gasteiger partial charge in [0.1, 0.15) is 31.8 Å². The Bertz CT molecular complexity index is 2310. The van der Waals surface area contributed by atoms with E-state index in [2.05, 4.69) is 194 Å². The van der Waals surface area contributed by atoms with Crippen molar-refractivity contribution in [2.24, 2.45) is 0 Å². The van der Waals surface area contributed by atoms with E-state index in [4.69, 9.17) is 0 Å². The molecule has 0 radical (unpaired) electrons. The molecule has 4 N–H and O–H groups in total. The Kier molecular flexibility index (Phi) is 24.4. The second-order valence-corrected chi connectivity index (χ2v) is 23.7. The average Bonchev–Trinajstić information content (AvgIpc) is 3.18. The Morgan fingerprint density at radius 2 is 0.556 bits per heavy atom. The predicted octanol–water partition coefficient (Wildman–Crippen LogP) is 3.90. The normalized spacial score (nSPS) is 11.4. The fourth-order valence-electron chi connectivity index (χ4n) is 6.87. The van der Waals surface area contributed by atoms with Crippen LogP contribution in [0.5, 0.6) is 0 Å². The minimum absolute atomic E-state index is 0. The molecular weight excluding hydrogens is 1200 g/mol. The molecule has 0 saturated heterocycles. The van der Waals surface area contributed by atoms with Crippen molar-refractivity contribution in [2.45, 2.75) is 0 Å². The first kappa shape index (κ1) is 59.5. The minimum Gasteiger partial charge on any atom is -0.0620 e. The zero-order valence-electron chi connectivity index (χ0n) is 32.3. The van der Waals surface area contributed by atoms with Crippen LogP contribution in [0, 0.1) is 0 Å². The summed E-state index contributed by atoms with van der Waals surface area (Å²) in [5.41, 5.74) is 2.75. The summed E-state index contributed by atoms with van der Waals surface area (Å²) in [6, 6.07) is 72.2. The maximum absolute atomic E-state index is 9.91. The van der Waals surface area contributed by atoms with Gasteiger partial charge in [0.2, 0.25) is 0 Å². The first-order valence-electron chi connectivity index (χ1n) is 17.5. The number of hydrogen-bond acceptors (Lipinski definition) is 0. The zero-order valence-corrected chi connectivity index (χ0v) is 41.3. The molecule has 8 aromatic carbocycles. The summed E-state index contributed by atoms with van der Waals surface area (Å²) in [6.45, 7) is 0. The predicted molar refractivity (Wildman–Crippen MR) is 240 cm³/mol. The van der Waals surface area contributed by atoms with Crippen LogP contribution in [0.4, 0.5) is 30.0 Å². The van der Waals surface area contributed by atoms with Gasteiger partial charge >= 0.3 is 66.7 Å². The van der Waals surface area contributed by atoms with Crippen molar-refractivity contribution in [1.82, 2.24) is 0 Å². The van der Waals surface area contributed by atoms with Gasteiger partial charge < -0.3 is 20.4 Å². The maximum Gasteiger partial charge on any atom is 0.111 e. The van der Waals surface area contributed by atoms with E-state index in [1.807, 2.05) is 0 Å². The van der Waals surface area contributed by atoms with E-state index >= 15 is 0 Å². The summed E-state index contributed by atoms with van der Waals surface area (Å²) in [6.07, 6.45) is 0. The fourth-order valence-corrected chi connectivity index (χ4v) is 12.4. The Morgan fingerprint density at radius 1 is 0.349 bits per heavy atom. The van der Waals surface area contributed by atoms with Gasteiger partial charge in [-0.25, -0.2) is 0 Å². The summed E-state index contributed by atoms with van der Waals surface area (Å²) in [4.78, 5) is 0. The first-order valence-corrected chi connectivity index (χ1v) is 29.6. The number of rotatable bonds is 7. The zero-order chi connectivity index (χ0) is 40.7. The second kappa shape index (κ2) is 25.9. The topological polar surface area (TPSA) is 63.0 Å². The van der Waals surface area contributed by atoms with Crippen molar-refractivity contribution in [3.63, 3.8) is 0 Å². The van der Waals surface area contributed by atoms with E-state index in [9.17, 15) is 25.3 Å². The molecule has 0 aliphatic carbocycles. The van der Waals surface area contributed by atoms with Crippen LogP contribution in [0.15, 0.2) is 194 Å². The summed E-state index contributed by atoms with van der Waals surface area (Å²) in [7, 11) is -2.74. The van der Waals surface area contributed by atoms with Gasteiger partial charge in [-0.1, -0.05) is 133 Å². The molecular formula is C44H40F12O2P2PdSb2. The third kappa shape index (κ3) is 17.1. The molecule has 8 aromatic rings. The summed E-state index contributed by atoms with van der Waals surface area (Å²) in [5, 5.41) is 13.6. The fraction of sp³-hybridized carbons (Fsp3) is 0. The molecule has 0 unspecified atom stereocenters. The van der Waals surface area contributed by atoms with Crippen molar-refractivity contribution in [3.8, 4) is 11.1 Å². The van der Waals surface area contributed by atoms with E-state index in [1.165, 1.54) is 64.5 Å². The Hall–Kier alpha value is -3.48. The monoisotopic (exact) mass is 1240 g/mol. The van der Waals surface area contributed by atoms with E-state index in [1.54, 1.807) is 0 Å². The van der Waals surface area contributed by atoms with Crippen LogP contribution in [0.3, 0.4) is 0 Å². The molecule has 19 heteroatoms. The van der Waals surface area contributed by atoms with Crippen molar-refractivity contribution >= 4 is 111 Å². The molecule has 2 nitrogen and oxygen atoms in total. The van der Waals surface area contributed by atoms with Crippen molar-refractivity contribution in [1.29, 1.82) is 0 Å². The molecule has 0 bridgehead atoms. The number of fused-ring (bicyclic) bond motifs is 2. The van der Waals surface area contributed by atoms with Crippen LogP contribution in [0.2, 0.25) is 0 Å². The molecule has 0 atom stereocenters. The molecule has 0 aromatic heterocycles. The summed E-state index contributed by atoms with van der Waals surface area (Å²) < 4.78 is 89.1. The standard InChI is InChI=1S/C44H32P2.12FH.2H2O.Pd.2Sb.H/c1-5-19-35(20-6-1)45(36-21-7-2-8-22-36)41-31-29-33-17-13-15-27-39(33)43(41)44-40-28-16-14-18-34(40)30-32-42(44)46(37-23-9-3-10-24-37)38-25-11-4-12-26-38;;;;;;;;;;;;;;;;;;/h1-32H;12*1H;2*1H2;;;;/q;;;;;;;;;;;;;;;;+4;+5;/p-9. The average molecular weight is 1240 g/mol. The Labute approximate surface area is 383 Å². The number of halogens is 12. The van der Waals surface area contributed by atoms with E-state index in [-0.39, 0.29) is 45.5 Å². The van der Waals surface area contributed by atoms with Gasteiger partial charge in [-0.3, -0.25) is 4.70 Å². The van der Waals surface area contributed by atoms with Crippen molar-refractivity contribution in [3.05, 3.63) is 194 Å². The Balaban J connectivity index is 0.00000203. The number of benzene rings is 8. The molecule has 0 aliphatic rings. The van der Waals surface area contributed by atoms with Crippen LogP contribution in [-0.2, 0) is 20.4 Å². The van der Waals surface area contributed by atoms with Crippen LogP contribution >= 0.6 is 15.8 Å². The largest absolute Gasteiger partial charge is 0.111 e. The quantitative estimate of drug-likeness (QED) is 0.132. The van der Waals surface area contributed by atoms with Crippen LogP contribution < -0.4 is 41.2 Å². The van der Waals surface area contributed by atoms with Gasteiger partial charge in [0.25, 0.3) is 0 Å². The Morgan fingerprint density at radius 3 is 0.794 bits per heavy atom. The molecule has 342 valence electrons. The molecule has 0 heterocycles. The van der Waals surface area contributed by atoms with E-state index in [0.29, 0.717) is 0 Å². The van der Waals surface area contributed by atoms with E-state index < -0.39 is 57.3 Å². The first-order chi connectivity index (χ1) is 27.1. The molecule has 63 heavy (non-hydrogen) atoms. The second-order valence-electron chi connectivity index (χ2n) is 12.7. The summed E-state index contributed by atoms with van der Waals surface area (Å²) in [5.74, 6) is 0. The van der Waals surface area contributed by atoms with Gasteiger partial charge in [0, 0.05) is 31.5 Å². The third-order valence-corrected chi connectivity index (χ3v) is 14.4. The molecule has 8 rings (SSSR count). The maximum atomic E-state index is 9.91. The van der Waals surface area contributed by atoms with Crippen LogP contribution in [0.25, 0.3) is 32.7 Å². The molecule has 0 fully saturated rings. The van der Waals surface area contributed by atoms with Gasteiger partial charge in [0.05, 0.1) is 15.8 Å². The van der Waals surface area contributed by atoms with Gasteiger partial charge in [0.15, 0.2) is 0 Å². The minimum atomic E-state index is -9.19. The molecule has 0 aliphatic heterocycles. The van der Waals surface area contributed by atoms with Gasteiger partial charge in [-0.05, 0) is 82.2 Å². The molecule has 0 amide bonds. The smallest absolute Gasteiger partial charge is 0.0620 e. The van der Waals surface area contributed by atoms with Crippen molar-refractivity contribution in [2.75, 3.05) is 0 Å². The third-order valence-electron chi connectivity index (χ3n) is 8.90. The molecule has 0 spiro atoms. The van der Waals surface area contributed by atoms with Gasteiger partial charge in [-0.15, -0.1) is 0 Å². The molecule has 0 saturated carbocycles. The SMILES string of the molecule is F.O.O.[F-].[F-].[F][SbH]([F])([F])[F].[F][Sb]([F])([F])([F])[F].[Pd].c1ccc([PH+](c2ccccc2)c2ccc3ccccc3c2-c2c([PH+](c3ccccc3)c3ccccc3)ccc3ccccc23)cc1. The van der Waals surface area contributed by atoms with Crippen LogP contribution in [-0.4, -0.2) is 52.4 Å².